The molecule has 21 heavy (non-hydrogen) atoms. The molecule has 124 valence electrons. The van der Waals surface area contributed by atoms with Crippen LogP contribution < -0.4 is 11.1 Å². The number of nitrogens with zero attached hydrogens (tertiary/aromatic N) is 2. The van der Waals surface area contributed by atoms with Gasteiger partial charge in [0.1, 0.15) is 0 Å². The Balaban J connectivity index is 0.00000220. The molecule has 4 nitrogen and oxygen atoms in total. The predicted molar refractivity (Wildman–Crippen MR) is 101 cm³/mol. The molecule has 0 amide bonds. The number of hydrogen-bond acceptors (Lipinski definition) is 2. The van der Waals surface area contributed by atoms with Gasteiger partial charge in [-0.3, -0.25) is 9.89 Å². The van der Waals surface area contributed by atoms with Crippen molar-refractivity contribution >= 4 is 29.9 Å². The maximum absolute atomic E-state index is 6.08. The molecule has 3 N–H and O–H groups in total. The number of guanidine groups is 1. The van der Waals surface area contributed by atoms with Crippen LogP contribution in [0.4, 0.5) is 0 Å². The molecule has 1 heterocycles. The summed E-state index contributed by atoms with van der Waals surface area (Å²) in [6.07, 6.45) is 11.8. The second-order valence-corrected chi connectivity index (χ2v) is 6.36. The summed E-state index contributed by atoms with van der Waals surface area (Å²) in [5.74, 6) is 0.662. The molecule has 0 spiro atoms. The molecule has 2 rings (SSSR count). The number of nitrogens with one attached hydrogen (secondary N) is 1. The third-order valence-corrected chi connectivity index (χ3v) is 4.81. The van der Waals surface area contributed by atoms with E-state index < -0.39 is 0 Å². The Hall–Kier alpha value is -0.0400. The molecular formula is C16H33IN4. The maximum atomic E-state index is 6.08. The van der Waals surface area contributed by atoms with Crippen LogP contribution in [-0.4, -0.2) is 42.6 Å². The Kier molecular flexibility index (Phi) is 9.64. The van der Waals surface area contributed by atoms with Crippen LogP contribution in [0.25, 0.3) is 0 Å². The van der Waals surface area contributed by atoms with Gasteiger partial charge < -0.3 is 11.1 Å². The summed E-state index contributed by atoms with van der Waals surface area (Å²) >= 11 is 0. The van der Waals surface area contributed by atoms with E-state index in [1.807, 2.05) is 0 Å². The highest BCUT2D eigenvalue weighted by Crippen LogP contribution is 2.17. The molecule has 5 heteroatoms. The fourth-order valence-electron chi connectivity index (χ4n) is 3.49. The Bertz CT molecular complexity index is 295. The third kappa shape index (κ3) is 6.72. The van der Waals surface area contributed by atoms with Gasteiger partial charge in [-0.25, -0.2) is 0 Å². The zero-order valence-electron chi connectivity index (χ0n) is 13.5. The van der Waals surface area contributed by atoms with Crippen LogP contribution in [0.15, 0.2) is 4.99 Å². The van der Waals surface area contributed by atoms with Gasteiger partial charge in [-0.15, -0.1) is 24.0 Å². The molecule has 1 aliphatic heterocycles. The van der Waals surface area contributed by atoms with E-state index in [0.717, 1.165) is 6.54 Å². The second-order valence-electron chi connectivity index (χ2n) is 6.36. The van der Waals surface area contributed by atoms with Crippen LogP contribution in [0, 0.1) is 0 Å². The smallest absolute Gasteiger partial charge is 0.188 e. The second kappa shape index (κ2) is 10.6. The van der Waals surface area contributed by atoms with Crippen molar-refractivity contribution in [1.29, 1.82) is 0 Å². The van der Waals surface area contributed by atoms with Crippen LogP contribution in [0.3, 0.4) is 0 Å². The molecule has 1 saturated heterocycles. The SMILES string of the molecule is CCC(CN=C(N)NC1CCCCCC1)N1CCCC1.I. The van der Waals surface area contributed by atoms with Crippen molar-refractivity contribution in [3.63, 3.8) is 0 Å². The van der Waals surface area contributed by atoms with Crippen molar-refractivity contribution in [2.45, 2.75) is 76.8 Å². The zero-order chi connectivity index (χ0) is 14.2. The molecule has 1 saturated carbocycles. The maximum Gasteiger partial charge on any atom is 0.188 e. The largest absolute Gasteiger partial charge is 0.370 e. The van der Waals surface area contributed by atoms with Crippen molar-refractivity contribution in [1.82, 2.24) is 10.2 Å². The summed E-state index contributed by atoms with van der Waals surface area (Å²) in [7, 11) is 0. The van der Waals surface area contributed by atoms with Crippen LogP contribution in [0.1, 0.15) is 64.7 Å². The predicted octanol–water partition coefficient (Wildman–Crippen LogP) is 3.11. The highest BCUT2D eigenvalue weighted by molar-refractivity contribution is 14.0. The van der Waals surface area contributed by atoms with Crippen LogP contribution in [-0.2, 0) is 0 Å². The summed E-state index contributed by atoms with van der Waals surface area (Å²) < 4.78 is 0. The van der Waals surface area contributed by atoms with Gasteiger partial charge in [0.25, 0.3) is 0 Å². The summed E-state index contributed by atoms with van der Waals surface area (Å²) in [6, 6.07) is 1.13. The summed E-state index contributed by atoms with van der Waals surface area (Å²) in [5.41, 5.74) is 6.08. The van der Waals surface area contributed by atoms with Crippen molar-refractivity contribution in [3.05, 3.63) is 0 Å². The number of halogens is 1. The van der Waals surface area contributed by atoms with Gasteiger partial charge in [0.05, 0.1) is 6.54 Å². The van der Waals surface area contributed by atoms with Gasteiger partial charge in [-0.2, -0.15) is 0 Å². The molecule has 0 bridgehead atoms. The first kappa shape index (κ1) is 19.0. The lowest BCUT2D eigenvalue weighted by Crippen LogP contribution is -2.41. The monoisotopic (exact) mass is 408 g/mol. The molecule has 1 atom stereocenters. The van der Waals surface area contributed by atoms with Gasteiger partial charge in [-0.05, 0) is 45.2 Å². The van der Waals surface area contributed by atoms with E-state index in [1.54, 1.807) is 0 Å². The number of nitrogens with two attached hydrogens (primary N) is 1. The molecule has 2 fully saturated rings. The highest BCUT2D eigenvalue weighted by Gasteiger charge is 2.20. The first-order chi connectivity index (χ1) is 9.79. The standard InChI is InChI=1S/C16H32N4.HI/c1-2-15(20-11-7-8-12-20)13-18-16(17)19-14-9-5-3-4-6-10-14;/h14-15H,2-13H2,1H3,(H3,17,18,19);1H. The first-order valence-electron chi connectivity index (χ1n) is 8.60. The van der Waals surface area contributed by atoms with E-state index in [0.29, 0.717) is 18.0 Å². The molecule has 0 aromatic heterocycles. The first-order valence-corrected chi connectivity index (χ1v) is 8.60. The van der Waals surface area contributed by atoms with Gasteiger partial charge in [-0.1, -0.05) is 32.6 Å². The minimum absolute atomic E-state index is 0. The zero-order valence-corrected chi connectivity index (χ0v) is 15.9. The number of hydrogen-bond donors (Lipinski definition) is 2. The Morgan fingerprint density at radius 3 is 2.33 bits per heavy atom. The van der Waals surface area contributed by atoms with E-state index in [2.05, 4.69) is 22.1 Å². The normalized spacial score (nSPS) is 23.4. The summed E-state index contributed by atoms with van der Waals surface area (Å²) in [6.45, 7) is 5.59. The fourth-order valence-corrected chi connectivity index (χ4v) is 3.49. The van der Waals surface area contributed by atoms with Crippen LogP contribution in [0.5, 0.6) is 0 Å². The molecular weight excluding hydrogens is 375 g/mol. The lowest BCUT2D eigenvalue weighted by atomic mass is 10.1. The van der Waals surface area contributed by atoms with Crippen molar-refractivity contribution in [2.24, 2.45) is 10.7 Å². The van der Waals surface area contributed by atoms with E-state index in [4.69, 9.17) is 5.73 Å². The minimum Gasteiger partial charge on any atom is -0.370 e. The quantitative estimate of drug-likeness (QED) is 0.318. The lowest BCUT2D eigenvalue weighted by molar-refractivity contribution is 0.242. The number of aliphatic imine (C=N–C) groups is 1. The Morgan fingerprint density at radius 2 is 1.76 bits per heavy atom. The van der Waals surface area contributed by atoms with Crippen molar-refractivity contribution in [2.75, 3.05) is 19.6 Å². The molecule has 0 aromatic carbocycles. The average molecular weight is 408 g/mol. The molecule has 0 aromatic rings. The van der Waals surface area contributed by atoms with E-state index in [1.165, 1.54) is 70.9 Å². The van der Waals surface area contributed by atoms with Crippen molar-refractivity contribution in [3.8, 4) is 0 Å². The topological polar surface area (TPSA) is 53.6 Å². The number of likely N-dealkylation sites (tertiary alicyclic amines) is 1. The Morgan fingerprint density at radius 1 is 1.14 bits per heavy atom. The van der Waals surface area contributed by atoms with Gasteiger partial charge in [0, 0.05) is 12.1 Å². The third-order valence-electron chi connectivity index (χ3n) is 4.81. The van der Waals surface area contributed by atoms with Gasteiger partial charge >= 0.3 is 0 Å². The van der Waals surface area contributed by atoms with Crippen LogP contribution >= 0.6 is 24.0 Å². The molecule has 1 aliphatic carbocycles. The summed E-state index contributed by atoms with van der Waals surface area (Å²) in [5, 5.41) is 3.44. The summed E-state index contributed by atoms with van der Waals surface area (Å²) in [4.78, 5) is 7.18. The van der Waals surface area contributed by atoms with Crippen LogP contribution in [0.2, 0.25) is 0 Å². The highest BCUT2D eigenvalue weighted by atomic mass is 127. The Labute approximate surface area is 147 Å². The van der Waals surface area contributed by atoms with Gasteiger partial charge in [0.15, 0.2) is 5.96 Å². The van der Waals surface area contributed by atoms with E-state index in [-0.39, 0.29) is 24.0 Å². The lowest BCUT2D eigenvalue weighted by Gasteiger charge is -2.25. The average Bonchev–Trinajstić information content (AvgIpc) is 2.85. The van der Waals surface area contributed by atoms with Gasteiger partial charge in [0.2, 0.25) is 0 Å². The van der Waals surface area contributed by atoms with E-state index in [9.17, 15) is 0 Å². The number of rotatable bonds is 5. The molecule has 1 unspecified atom stereocenters. The molecule has 2 aliphatic rings. The fraction of sp³-hybridized carbons (Fsp3) is 0.938. The van der Waals surface area contributed by atoms with Crippen molar-refractivity contribution < 1.29 is 0 Å². The van der Waals surface area contributed by atoms with E-state index >= 15 is 0 Å². The minimum atomic E-state index is 0. The molecule has 0 radical (unpaired) electrons.